The van der Waals surface area contributed by atoms with Crippen LogP contribution in [0.5, 0.6) is 0 Å². The Balaban J connectivity index is 1.46. The van der Waals surface area contributed by atoms with E-state index in [1.807, 2.05) is 0 Å². The molecule has 0 aliphatic heterocycles. The molecule has 15 heavy (non-hydrogen) atoms. The summed E-state index contributed by atoms with van der Waals surface area (Å²) >= 11 is 0. The van der Waals surface area contributed by atoms with Crippen LogP contribution in [0.4, 0.5) is 0 Å². The molecule has 2 heteroatoms. The Bertz CT molecular complexity index is 231. The minimum absolute atomic E-state index is 0.0661. The fraction of sp³-hybridized carbons (Fsp3) is 1.00. The molecular formula is C13H23NO. The molecule has 5 unspecified atom stereocenters. The monoisotopic (exact) mass is 209 g/mol. The molecule has 2 N–H and O–H groups in total. The van der Waals surface area contributed by atoms with Crippen LogP contribution in [-0.2, 0) is 0 Å². The molecule has 3 aliphatic carbocycles. The van der Waals surface area contributed by atoms with Gasteiger partial charge in [0.25, 0.3) is 0 Å². The first-order valence-corrected chi connectivity index (χ1v) is 6.74. The fourth-order valence-corrected chi connectivity index (χ4v) is 4.11. The Morgan fingerprint density at radius 3 is 2.60 bits per heavy atom. The molecule has 0 saturated heterocycles. The summed E-state index contributed by atoms with van der Waals surface area (Å²) in [5, 5.41) is 13.3. The highest BCUT2D eigenvalue weighted by Crippen LogP contribution is 2.48. The Kier molecular flexibility index (Phi) is 2.73. The number of hydrogen-bond acceptors (Lipinski definition) is 2. The van der Waals surface area contributed by atoms with Crippen molar-refractivity contribution < 1.29 is 5.11 Å². The normalized spacial score (nSPS) is 49.0. The second-order valence-corrected chi connectivity index (χ2v) is 5.95. The lowest BCUT2D eigenvalue weighted by Gasteiger charge is -2.25. The van der Waals surface area contributed by atoms with Gasteiger partial charge in [0.2, 0.25) is 0 Å². The van der Waals surface area contributed by atoms with Crippen molar-refractivity contribution in [1.82, 2.24) is 5.32 Å². The van der Waals surface area contributed by atoms with Gasteiger partial charge < -0.3 is 10.4 Å². The summed E-state index contributed by atoms with van der Waals surface area (Å²) in [6.07, 6.45) is 9.26. The van der Waals surface area contributed by atoms with Crippen molar-refractivity contribution in [2.75, 3.05) is 6.54 Å². The van der Waals surface area contributed by atoms with E-state index >= 15 is 0 Å². The first-order chi connectivity index (χ1) is 7.33. The molecule has 2 bridgehead atoms. The van der Waals surface area contributed by atoms with Gasteiger partial charge in [-0.3, -0.25) is 0 Å². The van der Waals surface area contributed by atoms with E-state index in [1.165, 1.54) is 45.1 Å². The van der Waals surface area contributed by atoms with E-state index in [0.717, 1.165) is 24.2 Å². The van der Waals surface area contributed by atoms with Crippen molar-refractivity contribution in [3.8, 4) is 0 Å². The molecule has 0 amide bonds. The van der Waals surface area contributed by atoms with Crippen LogP contribution in [0.15, 0.2) is 0 Å². The predicted octanol–water partition coefficient (Wildman–Crippen LogP) is 1.93. The van der Waals surface area contributed by atoms with Gasteiger partial charge in [-0.1, -0.05) is 6.42 Å². The summed E-state index contributed by atoms with van der Waals surface area (Å²) in [4.78, 5) is 0. The minimum atomic E-state index is -0.0661. The van der Waals surface area contributed by atoms with Crippen LogP contribution in [0.3, 0.4) is 0 Å². The van der Waals surface area contributed by atoms with E-state index in [2.05, 4.69) is 5.32 Å². The predicted molar refractivity (Wildman–Crippen MR) is 60.6 cm³/mol. The molecule has 3 rings (SSSR count). The van der Waals surface area contributed by atoms with Crippen LogP contribution in [0, 0.1) is 17.8 Å². The summed E-state index contributed by atoms with van der Waals surface area (Å²) < 4.78 is 0. The summed E-state index contributed by atoms with van der Waals surface area (Å²) in [5.41, 5.74) is 0. The lowest BCUT2D eigenvalue weighted by molar-refractivity contribution is 0.143. The van der Waals surface area contributed by atoms with E-state index in [1.54, 1.807) is 0 Å². The molecule has 0 spiro atoms. The molecule has 0 heterocycles. The Morgan fingerprint density at radius 1 is 1.07 bits per heavy atom. The zero-order chi connectivity index (χ0) is 10.3. The summed E-state index contributed by atoms with van der Waals surface area (Å²) in [7, 11) is 0. The Labute approximate surface area is 92.4 Å². The fourth-order valence-electron chi connectivity index (χ4n) is 4.11. The third-order valence-corrected chi connectivity index (χ3v) is 5.01. The summed E-state index contributed by atoms with van der Waals surface area (Å²) in [5.74, 6) is 2.99. The molecule has 0 radical (unpaired) electrons. The van der Waals surface area contributed by atoms with Crippen LogP contribution in [0.25, 0.3) is 0 Å². The summed E-state index contributed by atoms with van der Waals surface area (Å²) in [6, 6.07) is 0.407. The number of hydrogen-bond donors (Lipinski definition) is 2. The molecule has 2 nitrogen and oxygen atoms in total. The highest BCUT2D eigenvalue weighted by molar-refractivity contribution is 4.92. The molecule has 3 saturated carbocycles. The van der Waals surface area contributed by atoms with Crippen molar-refractivity contribution in [3.63, 3.8) is 0 Å². The minimum Gasteiger partial charge on any atom is -0.392 e. The topological polar surface area (TPSA) is 32.3 Å². The third kappa shape index (κ3) is 1.94. The molecule has 86 valence electrons. The SMILES string of the molecule is OC1CCCC1NCC1CC2CCC1C2. The average molecular weight is 209 g/mol. The van der Waals surface area contributed by atoms with Crippen LogP contribution in [0.2, 0.25) is 0 Å². The largest absolute Gasteiger partial charge is 0.392 e. The zero-order valence-electron chi connectivity index (χ0n) is 9.49. The van der Waals surface area contributed by atoms with Crippen molar-refractivity contribution in [3.05, 3.63) is 0 Å². The lowest BCUT2D eigenvalue weighted by atomic mass is 9.88. The van der Waals surface area contributed by atoms with E-state index in [0.29, 0.717) is 6.04 Å². The maximum absolute atomic E-state index is 9.73. The van der Waals surface area contributed by atoms with Crippen LogP contribution in [0.1, 0.15) is 44.9 Å². The van der Waals surface area contributed by atoms with Gasteiger partial charge in [0, 0.05) is 6.04 Å². The molecule has 3 aliphatic rings. The van der Waals surface area contributed by atoms with Gasteiger partial charge in [-0.05, 0) is 62.8 Å². The van der Waals surface area contributed by atoms with E-state index in [-0.39, 0.29) is 6.10 Å². The van der Waals surface area contributed by atoms with E-state index in [9.17, 15) is 5.11 Å². The van der Waals surface area contributed by atoms with Gasteiger partial charge >= 0.3 is 0 Å². The van der Waals surface area contributed by atoms with Crippen molar-refractivity contribution in [2.24, 2.45) is 17.8 Å². The van der Waals surface area contributed by atoms with Crippen molar-refractivity contribution >= 4 is 0 Å². The number of fused-ring (bicyclic) bond motifs is 2. The quantitative estimate of drug-likeness (QED) is 0.744. The highest BCUT2D eigenvalue weighted by Gasteiger charge is 2.39. The Hall–Kier alpha value is -0.0800. The highest BCUT2D eigenvalue weighted by atomic mass is 16.3. The van der Waals surface area contributed by atoms with E-state index in [4.69, 9.17) is 0 Å². The molecule has 0 aromatic heterocycles. The first-order valence-electron chi connectivity index (χ1n) is 6.74. The van der Waals surface area contributed by atoms with Gasteiger partial charge in [-0.25, -0.2) is 0 Å². The standard InChI is InChI=1S/C13H23NO/c15-13-3-1-2-12(13)14-8-11-7-9-4-5-10(11)6-9/h9-15H,1-8H2. The maximum atomic E-state index is 9.73. The number of aliphatic hydroxyl groups is 1. The average Bonchev–Trinajstić information content (AvgIpc) is 2.90. The Morgan fingerprint density at radius 2 is 2.00 bits per heavy atom. The first kappa shape index (κ1) is 10.1. The lowest BCUT2D eigenvalue weighted by Crippen LogP contribution is -2.39. The second kappa shape index (κ2) is 4.06. The number of aliphatic hydroxyl groups excluding tert-OH is 1. The van der Waals surface area contributed by atoms with Crippen LogP contribution < -0.4 is 5.32 Å². The molecule has 0 aromatic carbocycles. The van der Waals surface area contributed by atoms with Gasteiger partial charge in [-0.15, -0.1) is 0 Å². The molecular weight excluding hydrogens is 186 g/mol. The zero-order valence-corrected chi connectivity index (χ0v) is 9.49. The maximum Gasteiger partial charge on any atom is 0.0693 e. The molecule has 5 atom stereocenters. The number of rotatable bonds is 3. The van der Waals surface area contributed by atoms with Gasteiger partial charge in [0.15, 0.2) is 0 Å². The smallest absolute Gasteiger partial charge is 0.0693 e. The van der Waals surface area contributed by atoms with Crippen molar-refractivity contribution in [2.45, 2.75) is 57.1 Å². The van der Waals surface area contributed by atoms with Gasteiger partial charge in [0.1, 0.15) is 0 Å². The third-order valence-electron chi connectivity index (χ3n) is 5.01. The van der Waals surface area contributed by atoms with E-state index < -0.39 is 0 Å². The molecule has 3 fully saturated rings. The number of nitrogens with one attached hydrogen (secondary N) is 1. The second-order valence-electron chi connectivity index (χ2n) is 5.95. The van der Waals surface area contributed by atoms with Gasteiger partial charge in [0.05, 0.1) is 6.10 Å². The van der Waals surface area contributed by atoms with Crippen LogP contribution in [-0.4, -0.2) is 23.8 Å². The molecule has 0 aromatic rings. The van der Waals surface area contributed by atoms with Gasteiger partial charge in [-0.2, -0.15) is 0 Å². The van der Waals surface area contributed by atoms with Crippen LogP contribution >= 0.6 is 0 Å². The van der Waals surface area contributed by atoms with Crippen molar-refractivity contribution in [1.29, 1.82) is 0 Å². The summed E-state index contributed by atoms with van der Waals surface area (Å²) in [6.45, 7) is 1.17.